The van der Waals surface area contributed by atoms with Crippen molar-refractivity contribution in [1.29, 1.82) is 0 Å². The number of thioether (sulfide) groups is 1. The van der Waals surface area contributed by atoms with E-state index in [0.717, 1.165) is 5.56 Å². The highest BCUT2D eigenvalue weighted by molar-refractivity contribution is 7.99. The minimum Gasteiger partial charge on any atom is -0.398 e. The second kappa shape index (κ2) is 4.48. The lowest BCUT2D eigenvalue weighted by Gasteiger charge is -2.05. The van der Waals surface area contributed by atoms with Crippen molar-refractivity contribution in [2.45, 2.75) is 11.8 Å². The fourth-order valence-electron chi connectivity index (χ4n) is 0.937. The largest absolute Gasteiger partial charge is 0.398 e. The molecule has 0 atom stereocenters. The van der Waals surface area contributed by atoms with Crippen molar-refractivity contribution in [3.8, 4) is 0 Å². The molecule has 1 rings (SSSR count). The van der Waals surface area contributed by atoms with Crippen molar-refractivity contribution >= 4 is 17.4 Å². The monoisotopic (exact) mass is 201 g/mol. The van der Waals surface area contributed by atoms with E-state index in [9.17, 15) is 4.39 Å². The molecule has 0 saturated carbocycles. The van der Waals surface area contributed by atoms with Gasteiger partial charge in [-0.3, -0.25) is 0 Å². The fraction of sp³-hybridized carbons (Fsp3) is 0.333. The van der Waals surface area contributed by atoms with Gasteiger partial charge in [0.25, 0.3) is 0 Å². The minimum absolute atomic E-state index is 0.0491. The highest BCUT2D eigenvalue weighted by Gasteiger charge is 2.05. The van der Waals surface area contributed by atoms with Crippen molar-refractivity contribution in [2.24, 2.45) is 0 Å². The van der Waals surface area contributed by atoms with E-state index in [4.69, 9.17) is 10.8 Å². The lowest BCUT2D eigenvalue weighted by Crippen LogP contribution is -1.94. The smallest absolute Gasteiger partial charge is 0.138 e. The summed E-state index contributed by atoms with van der Waals surface area (Å²) in [7, 11) is 0. The van der Waals surface area contributed by atoms with Gasteiger partial charge in [-0.25, -0.2) is 4.39 Å². The molecule has 0 saturated heterocycles. The Morgan fingerprint density at radius 1 is 1.54 bits per heavy atom. The minimum atomic E-state index is -0.318. The van der Waals surface area contributed by atoms with Gasteiger partial charge in [-0.15, -0.1) is 11.8 Å². The number of hydrogen-bond acceptors (Lipinski definition) is 3. The van der Waals surface area contributed by atoms with E-state index in [0.29, 0.717) is 16.3 Å². The van der Waals surface area contributed by atoms with E-state index in [1.165, 1.54) is 17.8 Å². The molecule has 0 radical (unpaired) electrons. The summed E-state index contributed by atoms with van der Waals surface area (Å²) < 4.78 is 13.2. The number of anilines is 1. The van der Waals surface area contributed by atoms with Crippen LogP contribution in [-0.4, -0.2) is 17.5 Å². The second-order valence-electron chi connectivity index (χ2n) is 2.71. The third kappa shape index (κ3) is 2.60. The van der Waals surface area contributed by atoms with E-state index in [1.54, 1.807) is 6.07 Å². The molecule has 0 unspecified atom stereocenters. The fourth-order valence-corrected chi connectivity index (χ4v) is 1.70. The second-order valence-corrected chi connectivity index (χ2v) is 3.85. The molecule has 1 aromatic rings. The maximum Gasteiger partial charge on any atom is 0.138 e. The molecule has 0 heterocycles. The van der Waals surface area contributed by atoms with Crippen molar-refractivity contribution in [3.63, 3.8) is 0 Å². The molecular weight excluding hydrogens is 189 g/mol. The van der Waals surface area contributed by atoms with Crippen molar-refractivity contribution in [1.82, 2.24) is 0 Å². The summed E-state index contributed by atoms with van der Waals surface area (Å²) in [4.78, 5) is 0.542. The van der Waals surface area contributed by atoms with Gasteiger partial charge >= 0.3 is 0 Å². The third-order valence-electron chi connectivity index (χ3n) is 1.67. The van der Waals surface area contributed by atoms with Gasteiger partial charge in [0.15, 0.2) is 0 Å². The Labute approximate surface area is 80.9 Å². The molecule has 0 amide bonds. The van der Waals surface area contributed by atoms with E-state index >= 15 is 0 Å². The van der Waals surface area contributed by atoms with Crippen molar-refractivity contribution in [2.75, 3.05) is 18.1 Å². The number of aliphatic hydroxyl groups is 1. The number of hydrogen-bond donors (Lipinski definition) is 2. The number of nitrogens with two attached hydrogens (primary N) is 1. The SMILES string of the molecule is Cc1cc(SCCO)c(F)cc1N. The van der Waals surface area contributed by atoms with Crippen LogP contribution in [0.15, 0.2) is 17.0 Å². The van der Waals surface area contributed by atoms with Gasteiger partial charge in [0, 0.05) is 16.3 Å². The molecule has 3 N–H and O–H groups in total. The number of rotatable bonds is 3. The van der Waals surface area contributed by atoms with Crippen LogP contribution in [0.3, 0.4) is 0 Å². The molecule has 13 heavy (non-hydrogen) atoms. The Kier molecular flexibility index (Phi) is 3.57. The van der Waals surface area contributed by atoms with E-state index < -0.39 is 0 Å². The number of nitrogen functional groups attached to an aromatic ring is 1. The summed E-state index contributed by atoms with van der Waals surface area (Å²) in [6.45, 7) is 1.88. The first-order chi connectivity index (χ1) is 6.15. The Morgan fingerprint density at radius 3 is 2.85 bits per heavy atom. The summed E-state index contributed by atoms with van der Waals surface area (Å²) in [5.41, 5.74) is 6.85. The predicted molar refractivity (Wildman–Crippen MR) is 53.4 cm³/mol. The highest BCUT2D eigenvalue weighted by atomic mass is 32.2. The van der Waals surface area contributed by atoms with Crippen LogP contribution in [0.4, 0.5) is 10.1 Å². The molecule has 0 bridgehead atoms. The van der Waals surface area contributed by atoms with Crippen LogP contribution in [0.5, 0.6) is 0 Å². The van der Waals surface area contributed by atoms with Crippen LogP contribution >= 0.6 is 11.8 Å². The third-order valence-corrected chi connectivity index (χ3v) is 2.68. The lowest BCUT2D eigenvalue weighted by molar-refractivity contribution is 0.322. The molecule has 0 aliphatic carbocycles. The van der Waals surface area contributed by atoms with E-state index in [2.05, 4.69) is 0 Å². The molecule has 0 fully saturated rings. The average molecular weight is 201 g/mol. The van der Waals surface area contributed by atoms with Crippen LogP contribution < -0.4 is 5.73 Å². The maximum atomic E-state index is 13.2. The van der Waals surface area contributed by atoms with Gasteiger partial charge in [-0.05, 0) is 24.6 Å². The summed E-state index contributed by atoms with van der Waals surface area (Å²) in [6.07, 6.45) is 0. The molecule has 0 spiro atoms. The van der Waals surface area contributed by atoms with E-state index in [1.807, 2.05) is 6.92 Å². The average Bonchev–Trinajstić information content (AvgIpc) is 2.09. The normalized spacial score (nSPS) is 10.4. The molecule has 0 aromatic heterocycles. The maximum absolute atomic E-state index is 13.2. The number of benzene rings is 1. The molecule has 0 aliphatic heterocycles. The Bertz CT molecular complexity index is 304. The summed E-state index contributed by atoms with van der Waals surface area (Å²) in [5.74, 6) is 0.182. The molecular formula is C9H12FNOS. The Morgan fingerprint density at radius 2 is 2.23 bits per heavy atom. The van der Waals surface area contributed by atoms with Gasteiger partial charge in [0.1, 0.15) is 5.82 Å². The van der Waals surface area contributed by atoms with Gasteiger partial charge < -0.3 is 10.8 Å². The molecule has 2 nitrogen and oxygen atoms in total. The number of aliphatic hydroxyl groups excluding tert-OH is 1. The van der Waals surface area contributed by atoms with Crippen LogP contribution in [0.2, 0.25) is 0 Å². The molecule has 0 aliphatic rings. The molecule has 72 valence electrons. The van der Waals surface area contributed by atoms with Gasteiger partial charge in [-0.2, -0.15) is 0 Å². The van der Waals surface area contributed by atoms with Gasteiger partial charge in [-0.1, -0.05) is 0 Å². The van der Waals surface area contributed by atoms with Gasteiger partial charge in [0.2, 0.25) is 0 Å². The van der Waals surface area contributed by atoms with Crippen LogP contribution in [0, 0.1) is 12.7 Å². The zero-order valence-corrected chi connectivity index (χ0v) is 8.20. The summed E-state index contributed by atoms with van der Waals surface area (Å²) in [6, 6.07) is 3.01. The number of halogens is 1. The quantitative estimate of drug-likeness (QED) is 0.579. The van der Waals surface area contributed by atoms with Crippen LogP contribution in [-0.2, 0) is 0 Å². The standard InChI is InChI=1S/C9H12FNOS/c1-6-4-9(13-3-2-12)7(10)5-8(6)11/h4-5,12H,2-3,11H2,1H3. The summed E-state index contributed by atoms with van der Waals surface area (Å²) in [5, 5.41) is 8.57. The highest BCUT2D eigenvalue weighted by Crippen LogP contribution is 2.25. The first-order valence-electron chi connectivity index (χ1n) is 3.94. The van der Waals surface area contributed by atoms with Crippen LogP contribution in [0.1, 0.15) is 5.56 Å². The first kappa shape index (κ1) is 10.3. The van der Waals surface area contributed by atoms with E-state index in [-0.39, 0.29) is 12.4 Å². The molecule has 4 heteroatoms. The first-order valence-corrected chi connectivity index (χ1v) is 4.93. The molecule has 1 aromatic carbocycles. The Hall–Kier alpha value is -0.740. The zero-order chi connectivity index (χ0) is 9.84. The Balaban J connectivity index is 2.88. The topological polar surface area (TPSA) is 46.2 Å². The van der Waals surface area contributed by atoms with Crippen molar-refractivity contribution < 1.29 is 9.50 Å². The lowest BCUT2D eigenvalue weighted by atomic mass is 10.2. The van der Waals surface area contributed by atoms with Gasteiger partial charge in [0.05, 0.1) is 6.61 Å². The predicted octanol–water partition coefficient (Wildman–Crippen LogP) is 1.80. The number of aryl methyl sites for hydroxylation is 1. The summed E-state index contributed by atoms with van der Waals surface area (Å²) >= 11 is 1.29. The van der Waals surface area contributed by atoms with Crippen LogP contribution in [0.25, 0.3) is 0 Å². The zero-order valence-electron chi connectivity index (χ0n) is 7.38. The van der Waals surface area contributed by atoms with Crippen molar-refractivity contribution in [3.05, 3.63) is 23.5 Å².